The molecular formula is C28H24ClFN4O2. The van der Waals surface area contributed by atoms with Crippen molar-refractivity contribution in [1.29, 1.82) is 0 Å². The molecule has 0 amide bonds. The molecule has 3 aromatic carbocycles. The lowest BCUT2D eigenvalue weighted by molar-refractivity contribution is 0.306. The number of halogens is 2. The van der Waals surface area contributed by atoms with Crippen molar-refractivity contribution < 1.29 is 13.5 Å². The van der Waals surface area contributed by atoms with Crippen molar-refractivity contribution in [3.05, 3.63) is 101 Å². The zero-order chi connectivity index (χ0) is 25.1. The quantitative estimate of drug-likeness (QED) is 0.245. The fourth-order valence-corrected chi connectivity index (χ4v) is 4.09. The van der Waals surface area contributed by atoms with Crippen molar-refractivity contribution >= 4 is 34.0 Å². The van der Waals surface area contributed by atoms with Crippen LogP contribution in [0.25, 0.3) is 22.2 Å². The number of hydrogen-bond acceptors (Lipinski definition) is 6. The molecule has 0 fully saturated rings. The second-order valence-corrected chi connectivity index (χ2v) is 9.05. The molecule has 8 heteroatoms. The maximum Gasteiger partial charge on any atom is 0.141 e. The molecule has 0 spiro atoms. The van der Waals surface area contributed by atoms with Crippen LogP contribution in [-0.2, 0) is 13.2 Å². The fraction of sp³-hybridized carbons (Fsp3) is 0.143. The number of rotatable bonds is 8. The average Bonchev–Trinajstić information content (AvgIpc) is 3.31. The van der Waals surface area contributed by atoms with Gasteiger partial charge < -0.3 is 19.4 Å². The molecular weight excluding hydrogens is 479 g/mol. The van der Waals surface area contributed by atoms with E-state index in [1.54, 1.807) is 24.3 Å². The molecule has 0 aliphatic rings. The first kappa shape index (κ1) is 23.8. The van der Waals surface area contributed by atoms with E-state index in [0.717, 1.165) is 45.8 Å². The van der Waals surface area contributed by atoms with Crippen LogP contribution in [0.4, 0.5) is 15.9 Å². The summed E-state index contributed by atoms with van der Waals surface area (Å²) in [5.74, 6) is 2.53. The van der Waals surface area contributed by atoms with Gasteiger partial charge in [-0.3, -0.25) is 0 Å². The van der Waals surface area contributed by atoms with Crippen molar-refractivity contribution in [1.82, 2.24) is 14.9 Å². The van der Waals surface area contributed by atoms with E-state index in [4.69, 9.17) is 20.8 Å². The molecule has 0 aliphatic heterocycles. The van der Waals surface area contributed by atoms with E-state index in [1.807, 2.05) is 50.5 Å². The summed E-state index contributed by atoms with van der Waals surface area (Å²) in [6.07, 6.45) is 1.52. The number of ether oxygens (including phenoxy) is 1. The smallest absolute Gasteiger partial charge is 0.141 e. The average molecular weight is 503 g/mol. The number of hydrogen-bond donors (Lipinski definition) is 1. The minimum absolute atomic E-state index is 0.215. The van der Waals surface area contributed by atoms with Crippen molar-refractivity contribution in [2.45, 2.75) is 13.2 Å². The summed E-state index contributed by atoms with van der Waals surface area (Å²) in [7, 11) is 4.01. The van der Waals surface area contributed by atoms with Crippen LogP contribution in [0.3, 0.4) is 0 Å². The van der Waals surface area contributed by atoms with Crippen LogP contribution in [0.15, 0.2) is 83.5 Å². The van der Waals surface area contributed by atoms with Gasteiger partial charge in [0.25, 0.3) is 0 Å². The third-order valence-corrected chi connectivity index (χ3v) is 5.83. The Labute approximate surface area is 213 Å². The van der Waals surface area contributed by atoms with Crippen LogP contribution in [0.5, 0.6) is 5.75 Å². The van der Waals surface area contributed by atoms with Crippen LogP contribution < -0.4 is 10.1 Å². The van der Waals surface area contributed by atoms with Gasteiger partial charge in [0.15, 0.2) is 0 Å². The summed E-state index contributed by atoms with van der Waals surface area (Å²) in [4.78, 5) is 10.9. The van der Waals surface area contributed by atoms with Crippen LogP contribution in [-0.4, -0.2) is 29.0 Å². The van der Waals surface area contributed by atoms with E-state index >= 15 is 0 Å². The second kappa shape index (κ2) is 10.4. The minimum Gasteiger partial charge on any atom is -0.487 e. The first-order valence-electron chi connectivity index (χ1n) is 11.4. The van der Waals surface area contributed by atoms with Crippen LogP contribution >= 0.6 is 11.6 Å². The molecule has 1 N–H and O–H groups in total. The predicted molar refractivity (Wildman–Crippen MR) is 140 cm³/mol. The third-order valence-electron chi connectivity index (χ3n) is 5.53. The molecule has 5 rings (SSSR count). The first-order chi connectivity index (χ1) is 17.4. The molecule has 0 unspecified atom stereocenters. The molecule has 5 aromatic rings. The SMILES string of the molecule is CN(C)Cc1ccc(-c2ccc3ncnc(Nc4ccc(OCc5cccc(F)c5)c(Cl)c4)c3c2)o1. The molecule has 0 atom stereocenters. The molecule has 0 radical (unpaired) electrons. The lowest BCUT2D eigenvalue weighted by Crippen LogP contribution is -2.09. The molecule has 6 nitrogen and oxygen atoms in total. The molecule has 0 aliphatic carbocycles. The molecule has 0 saturated heterocycles. The monoisotopic (exact) mass is 502 g/mol. The van der Waals surface area contributed by atoms with Crippen LogP contribution in [0.2, 0.25) is 5.02 Å². The summed E-state index contributed by atoms with van der Waals surface area (Å²) < 4.78 is 25.2. The third kappa shape index (κ3) is 5.48. The van der Waals surface area contributed by atoms with E-state index < -0.39 is 0 Å². The van der Waals surface area contributed by atoms with Gasteiger partial charge in [0, 0.05) is 16.6 Å². The standard InChI is InChI=1S/C28H24ClFN4O2/c1-34(2)15-22-8-11-26(36-22)19-6-9-25-23(13-19)28(32-17-31-25)33-21-7-10-27(24(29)14-21)35-16-18-4-3-5-20(30)12-18/h3-14,17H,15-16H2,1-2H3,(H,31,32,33). The van der Waals surface area contributed by atoms with Crippen molar-refractivity contribution in [3.8, 4) is 17.1 Å². The Morgan fingerprint density at radius 3 is 2.69 bits per heavy atom. The Bertz CT molecular complexity index is 1520. The van der Waals surface area contributed by atoms with E-state index in [0.29, 0.717) is 16.6 Å². The van der Waals surface area contributed by atoms with Crippen molar-refractivity contribution in [2.24, 2.45) is 0 Å². The van der Waals surface area contributed by atoms with Gasteiger partial charge in [-0.15, -0.1) is 0 Å². The Hall–Kier alpha value is -3.94. The molecule has 0 bridgehead atoms. The topological polar surface area (TPSA) is 63.4 Å². The lowest BCUT2D eigenvalue weighted by Gasteiger charge is -2.12. The molecule has 0 saturated carbocycles. The number of fused-ring (bicyclic) bond motifs is 1. The second-order valence-electron chi connectivity index (χ2n) is 8.65. The zero-order valence-corrected chi connectivity index (χ0v) is 20.6. The highest BCUT2D eigenvalue weighted by atomic mass is 35.5. The van der Waals surface area contributed by atoms with Gasteiger partial charge in [-0.05, 0) is 80.3 Å². The first-order valence-corrected chi connectivity index (χ1v) is 11.7. The van der Waals surface area contributed by atoms with E-state index in [-0.39, 0.29) is 12.4 Å². The van der Waals surface area contributed by atoms with Crippen molar-refractivity contribution in [2.75, 3.05) is 19.4 Å². The predicted octanol–water partition coefficient (Wildman–Crippen LogP) is 7.07. The summed E-state index contributed by atoms with van der Waals surface area (Å²) in [6.45, 7) is 0.943. The number of aromatic nitrogens is 2. The largest absolute Gasteiger partial charge is 0.487 e. The summed E-state index contributed by atoms with van der Waals surface area (Å²) in [5.41, 5.74) is 3.21. The lowest BCUT2D eigenvalue weighted by atomic mass is 10.1. The molecule has 36 heavy (non-hydrogen) atoms. The maximum atomic E-state index is 13.4. The number of benzene rings is 3. The maximum absolute atomic E-state index is 13.4. The van der Waals surface area contributed by atoms with Gasteiger partial charge >= 0.3 is 0 Å². The molecule has 2 heterocycles. The van der Waals surface area contributed by atoms with Gasteiger partial charge in [0.1, 0.15) is 41.8 Å². The highest BCUT2D eigenvalue weighted by Crippen LogP contribution is 2.33. The number of anilines is 2. The highest BCUT2D eigenvalue weighted by molar-refractivity contribution is 6.32. The summed E-state index contributed by atoms with van der Waals surface area (Å²) >= 11 is 6.47. The number of nitrogens with one attached hydrogen (secondary N) is 1. The zero-order valence-electron chi connectivity index (χ0n) is 19.8. The number of furan rings is 1. The summed E-state index contributed by atoms with van der Waals surface area (Å²) in [6, 6.07) is 21.6. The van der Waals surface area contributed by atoms with E-state index in [1.165, 1.54) is 18.5 Å². The van der Waals surface area contributed by atoms with Crippen LogP contribution in [0, 0.1) is 5.82 Å². The number of nitrogens with zero attached hydrogens (tertiary/aromatic N) is 3. The minimum atomic E-state index is -0.303. The van der Waals surface area contributed by atoms with Gasteiger partial charge in [0.2, 0.25) is 0 Å². The van der Waals surface area contributed by atoms with Gasteiger partial charge in [0.05, 0.1) is 17.1 Å². The van der Waals surface area contributed by atoms with E-state index in [2.05, 4.69) is 20.2 Å². The van der Waals surface area contributed by atoms with E-state index in [9.17, 15) is 4.39 Å². The van der Waals surface area contributed by atoms with Crippen LogP contribution in [0.1, 0.15) is 11.3 Å². The Morgan fingerprint density at radius 2 is 1.89 bits per heavy atom. The van der Waals surface area contributed by atoms with Crippen molar-refractivity contribution in [3.63, 3.8) is 0 Å². The fourth-order valence-electron chi connectivity index (χ4n) is 3.86. The molecule has 2 aromatic heterocycles. The summed E-state index contributed by atoms with van der Waals surface area (Å²) in [5, 5.41) is 4.61. The van der Waals surface area contributed by atoms with Gasteiger partial charge in [-0.1, -0.05) is 23.7 Å². The molecule has 182 valence electrons. The Balaban J connectivity index is 1.36. The Morgan fingerprint density at radius 1 is 1.00 bits per heavy atom. The highest BCUT2D eigenvalue weighted by Gasteiger charge is 2.11. The Kier molecular flexibility index (Phi) is 6.84. The van der Waals surface area contributed by atoms with Gasteiger partial charge in [-0.25, -0.2) is 14.4 Å². The normalized spacial score (nSPS) is 11.2. The van der Waals surface area contributed by atoms with Gasteiger partial charge in [-0.2, -0.15) is 0 Å².